The van der Waals surface area contributed by atoms with Crippen molar-refractivity contribution in [3.05, 3.63) is 52.4 Å². The van der Waals surface area contributed by atoms with Gasteiger partial charge in [0.15, 0.2) is 6.23 Å². The summed E-state index contributed by atoms with van der Waals surface area (Å²) in [7, 11) is 0. The minimum Gasteiger partial charge on any atom is -0.385 e. The van der Waals surface area contributed by atoms with Gasteiger partial charge in [-0.1, -0.05) is 12.1 Å². The zero-order valence-electron chi connectivity index (χ0n) is 18.9. The van der Waals surface area contributed by atoms with Crippen LogP contribution in [0.25, 0.3) is 21.9 Å². The van der Waals surface area contributed by atoms with E-state index in [2.05, 4.69) is 30.9 Å². The molecule has 1 aliphatic carbocycles. The SMILES string of the molecule is Nc1nc2cc(C[C@@H]3CC[C@]4(O)C(O)[C@H](n5cc(C(F)F)c6c(N)ncnc65)O[C@H]34)ccc2cc1Br. The van der Waals surface area contributed by atoms with Crippen molar-refractivity contribution in [3.8, 4) is 0 Å². The highest BCUT2D eigenvalue weighted by molar-refractivity contribution is 9.10. The zero-order valence-corrected chi connectivity index (χ0v) is 20.4. The average Bonchev–Trinajstić information content (AvgIpc) is 3.45. The molecule has 1 aliphatic heterocycles. The summed E-state index contributed by atoms with van der Waals surface area (Å²) in [4.78, 5) is 12.4. The predicted molar refractivity (Wildman–Crippen MR) is 132 cm³/mol. The molecule has 1 saturated carbocycles. The lowest BCUT2D eigenvalue weighted by atomic mass is 9.90. The summed E-state index contributed by atoms with van der Waals surface area (Å²) in [6.45, 7) is 0. The number of alkyl halides is 2. The van der Waals surface area contributed by atoms with Crippen LogP contribution in [0.5, 0.6) is 0 Å². The number of anilines is 2. The highest BCUT2D eigenvalue weighted by atomic mass is 79.9. The van der Waals surface area contributed by atoms with Crippen molar-refractivity contribution in [2.45, 2.75) is 49.7 Å². The summed E-state index contributed by atoms with van der Waals surface area (Å²) in [5, 5.41) is 23.5. The van der Waals surface area contributed by atoms with E-state index < -0.39 is 30.5 Å². The number of halogens is 3. The van der Waals surface area contributed by atoms with E-state index in [4.69, 9.17) is 16.2 Å². The van der Waals surface area contributed by atoms with Crippen LogP contribution >= 0.6 is 15.9 Å². The fraction of sp³-hybridized carbons (Fsp3) is 0.375. The summed E-state index contributed by atoms with van der Waals surface area (Å²) in [5.41, 5.74) is 11.8. The van der Waals surface area contributed by atoms with Crippen molar-refractivity contribution >= 4 is 49.5 Å². The van der Waals surface area contributed by atoms with Crippen LogP contribution in [0, 0.1) is 5.92 Å². The van der Waals surface area contributed by atoms with Crippen LogP contribution in [0.15, 0.2) is 41.3 Å². The molecule has 0 amide bonds. The average molecular weight is 561 g/mol. The molecule has 4 aromatic rings. The number of aromatic nitrogens is 4. The highest BCUT2D eigenvalue weighted by Crippen LogP contribution is 2.51. The first-order chi connectivity index (χ1) is 17.2. The molecule has 188 valence electrons. The number of rotatable bonds is 4. The van der Waals surface area contributed by atoms with Gasteiger partial charge in [-0.15, -0.1) is 0 Å². The summed E-state index contributed by atoms with van der Waals surface area (Å²) in [6, 6.07) is 7.80. The predicted octanol–water partition coefficient (Wildman–Crippen LogP) is 3.49. The molecule has 2 fully saturated rings. The first-order valence-electron chi connectivity index (χ1n) is 11.5. The van der Waals surface area contributed by atoms with Crippen molar-refractivity contribution in [2.24, 2.45) is 5.92 Å². The molecule has 9 nitrogen and oxygen atoms in total. The molecule has 36 heavy (non-hydrogen) atoms. The molecule has 1 aromatic carbocycles. The Balaban J connectivity index is 1.32. The Labute approximate surface area is 212 Å². The van der Waals surface area contributed by atoms with E-state index in [-0.39, 0.29) is 28.3 Å². The Morgan fingerprint density at radius 1 is 1.22 bits per heavy atom. The Morgan fingerprint density at radius 3 is 2.81 bits per heavy atom. The molecule has 0 bridgehead atoms. The number of hydrogen-bond donors (Lipinski definition) is 4. The zero-order chi connectivity index (χ0) is 25.4. The number of nitrogens with two attached hydrogens (primary N) is 2. The molecular weight excluding hydrogens is 538 g/mol. The molecule has 1 unspecified atom stereocenters. The largest absolute Gasteiger partial charge is 0.385 e. The maximum absolute atomic E-state index is 13.8. The topological polar surface area (TPSA) is 145 Å². The maximum atomic E-state index is 13.8. The van der Waals surface area contributed by atoms with Crippen molar-refractivity contribution < 1.29 is 23.7 Å². The maximum Gasteiger partial charge on any atom is 0.266 e. The molecule has 6 N–H and O–H groups in total. The van der Waals surface area contributed by atoms with Crippen molar-refractivity contribution in [3.63, 3.8) is 0 Å². The van der Waals surface area contributed by atoms with E-state index in [0.717, 1.165) is 20.9 Å². The summed E-state index contributed by atoms with van der Waals surface area (Å²) in [5.74, 6) is 0.193. The minimum atomic E-state index is -2.83. The second-order valence-corrected chi connectivity index (χ2v) is 10.4. The Kier molecular flexibility index (Phi) is 5.41. The van der Waals surface area contributed by atoms with Crippen molar-refractivity contribution in [2.75, 3.05) is 11.5 Å². The lowest BCUT2D eigenvalue weighted by Gasteiger charge is -2.26. The molecule has 3 aromatic heterocycles. The quantitative estimate of drug-likeness (QED) is 0.296. The number of ether oxygens (including phenoxy) is 1. The molecule has 6 rings (SSSR count). The number of benzene rings is 1. The standard InChI is InChI=1S/C24H23BrF2N6O3/c25-14-7-11-2-1-10(6-15(11)32-20(14)28)5-12-3-4-24(35)17(34)23(36-18(12)24)33-8-13(19(26)27)16-21(29)30-9-31-22(16)33/h1-2,6-9,12,17-19,23,34-35H,3-5H2,(H2,28,32)(H2,29,30,31)/t12-,17?,18+,23+,24-/m0/s1. The first kappa shape index (κ1) is 23.5. The number of nitrogen functional groups attached to an aromatic ring is 2. The number of nitrogens with zero attached hydrogens (tertiary/aromatic N) is 4. The van der Waals surface area contributed by atoms with E-state index >= 15 is 0 Å². The van der Waals surface area contributed by atoms with Crippen LogP contribution in [0.4, 0.5) is 20.4 Å². The fourth-order valence-corrected chi connectivity index (χ4v) is 6.03. The van der Waals surface area contributed by atoms with E-state index in [1.54, 1.807) is 0 Å². The Hall–Kier alpha value is -2.93. The summed E-state index contributed by atoms with van der Waals surface area (Å²) >= 11 is 3.39. The summed E-state index contributed by atoms with van der Waals surface area (Å²) in [6.07, 6.45) is -2.14. The molecule has 4 heterocycles. The molecule has 0 radical (unpaired) electrons. The summed E-state index contributed by atoms with van der Waals surface area (Å²) < 4.78 is 35.8. The molecule has 2 aliphatic rings. The van der Waals surface area contributed by atoms with Crippen LogP contribution in [-0.2, 0) is 11.2 Å². The first-order valence-corrected chi connectivity index (χ1v) is 12.3. The highest BCUT2D eigenvalue weighted by Gasteiger charge is 2.61. The van der Waals surface area contributed by atoms with Gasteiger partial charge in [0, 0.05) is 17.1 Å². The smallest absolute Gasteiger partial charge is 0.266 e. The Morgan fingerprint density at radius 2 is 2.03 bits per heavy atom. The van der Waals surface area contributed by atoms with Gasteiger partial charge in [0.2, 0.25) is 0 Å². The number of aliphatic hydroxyl groups is 2. The van der Waals surface area contributed by atoms with Crippen LogP contribution in [-0.4, -0.2) is 47.5 Å². The van der Waals surface area contributed by atoms with Crippen molar-refractivity contribution in [1.29, 1.82) is 0 Å². The molecule has 12 heteroatoms. The van der Waals surface area contributed by atoms with Gasteiger partial charge in [-0.25, -0.2) is 23.7 Å². The van der Waals surface area contributed by atoms with Gasteiger partial charge >= 0.3 is 0 Å². The monoisotopic (exact) mass is 560 g/mol. The third kappa shape index (κ3) is 3.46. The second-order valence-electron chi connectivity index (χ2n) is 9.52. The van der Waals surface area contributed by atoms with Crippen LogP contribution < -0.4 is 11.5 Å². The molecule has 1 saturated heterocycles. The van der Waals surface area contributed by atoms with Crippen LogP contribution in [0.1, 0.15) is 36.6 Å². The molecular formula is C24H23BrF2N6O3. The normalized spacial score (nSPS) is 27.9. The van der Waals surface area contributed by atoms with Gasteiger partial charge in [0.25, 0.3) is 6.43 Å². The third-order valence-corrected chi connectivity index (χ3v) is 8.08. The Bertz CT molecular complexity index is 1500. The fourth-order valence-electron chi connectivity index (χ4n) is 5.69. The van der Waals surface area contributed by atoms with E-state index in [1.165, 1.54) is 17.1 Å². The van der Waals surface area contributed by atoms with Gasteiger partial charge in [-0.3, -0.25) is 0 Å². The van der Waals surface area contributed by atoms with Crippen LogP contribution in [0.2, 0.25) is 0 Å². The van der Waals surface area contributed by atoms with E-state index in [1.807, 2.05) is 24.3 Å². The molecule has 5 atom stereocenters. The van der Waals surface area contributed by atoms with Gasteiger partial charge < -0.3 is 31.0 Å². The lowest BCUT2D eigenvalue weighted by molar-refractivity contribution is -0.0675. The number of fused-ring (bicyclic) bond motifs is 3. The molecule has 0 spiro atoms. The van der Waals surface area contributed by atoms with Crippen LogP contribution in [0.3, 0.4) is 0 Å². The van der Waals surface area contributed by atoms with E-state index in [9.17, 15) is 19.0 Å². The van der Waals surface area contributed by atoms with Crippen molar-refractivity contribution in [1.82, 2.24) is 19.5 Å². The lowest BCUT2D eigenvalue weighted by Crippen LogP contribution is -2.45. The van der Waals surface area contributed by atoms with Gasteiger partial charge in [0.1, 0.15) is 35.3 Å². The minimum absolute atomic E-state index is 0.0125. The second kappa shape index (κ2) is 8.30. The number of aliphatic hydroxyl groups excluding tert-OH is 1. The number of hydrogen-bond acceptors (Lipinski definition) is 8. The number of pyridine rings is 1. The van der Waals surface area contributed by atoms with Gasteiger partial charge in [0.05, 0.1) is 21.5 Å². The van der Waals surface area contributed by atoms with E-state index in [0.29, 0.717) is 25.1 Å². The van der Waals surface area contributed by atoms with Gasteiger partial charge in [-0.2, -0.15) is 0 Å². The third-order valence-electron chi connectivity index (χ3n) is 7.44. The van der Waals surface area contributed by atoms with Gasteiger partial charge in [-0.05, 0) is 58.8 Å².